The summed E-state index contributed by atoms with van der Waals surface area (Å²) >= 11 is 5.99. The number of aromatic nitrogens is 2. The molecule has 4 rings (SSSR count). The summed E-state index contributed by atoms with van der Waals surface area (Å²) in [5.74, 6) is 0.898. The molecule has 2 aromatic carbocycles. The molecule has 0 saturated carbocycles. The Kier molecular flexibility index (Phi) is 5.09. The van der Waals surface area contributed by atoms with E-state index in [2.05, 4.69) is 30.3 Å². The summed E-state index contributed by atoms with van der Waals surface area (Å²) in [7, 11) is 0. The lowest BCUT2D eigenvalue weighted by Crippen LogP contribution is -2.34. The van der Waals surface area contributed by atoms with Gasteiger partial charge in [0.15, 0.2) is 0 Å². The van der Waals surface area contributed by atoms with Gasteiger partial charge in [-0.05, 0) is 41.8 Å². The van der Waals surface area contributed by atoms with Crippen molar-refractivity contribution in [3.05, 3.63) is 76.6 Å². The number of ether oxygens (including phenoxy) is 1. The van der Waals surface area contributed by atoms with Crippen LogP contribution in [-0.2, 0) is 6.42 Å². The molecular weight excluding hydrogens is 374 g/mol. The second-order valence-corrected chi connectivity index (χ2v) is 7.68. The summed E-state index contributed by atoms with van der Waals surface area (Å²) in [4.78, 5) is 12.9. The quantitative estimate of drug-likeness (QED) is 0.697. The van der Waals surface area contributed by atoms with Gasteiger partial charge >= 0.3 is 0 Å². The first kappa shape index (κ1) is 18.6. The van der Waals surface area contributed by atoms with Crippen LogP contribution in [0.4, 0.5) is 0 Å². The first-order chi connectivity index (χ1) is 13.5. The SMILES string of the molecule is CC(C)c1c(C(=O)NCC2Cc3ccccc3O2)cnn1-c1ccc(Cl)cc1. The highest BCUT2D eigenvalue weighted by Gasteiger charge is 2.25. The highest BCUT2D eigenvalue weighted by Crippen LogP contribution is 2.28. The normalized spacial score (nSPS) is 15.4. The van der Waals surface area contributed by atoms with Gasteiger partial charge in [-0.3, -0.25) is 4.79 Å². The van der Waals surface area contributed by atoms with E-state index in [0.29, 0.717) is 17.1 Å². The van der Waals surface area contributed by atoms with Crippen LogP contribution in [0.5, 0.6) is 5.75 Å². The van der Waals surface area contributed by atoms with Crippen LogP contribution < -0.4 is 10.1 Å². The zero-order chi connectivity index (χ0) is 19.7. The fourth-order valence-corrected chi connectivity index (χ4v) is 3.67. The standard InChI is InChI=1S/C22H22ClN3O2/c1-14(2)21-19(13-25-26(21)17-9-7-16(23)8-10-17)22(27)24-12-18-11-15-5-3-4-6-20(15)28-18/h3-10,13-14,18H,11-12H2,1-2H3,(H,24,27). The molecule has 2 heterocycles. The van der Waals surface area contributed by atoms with Crippen LogP contribution in [0.25, 0.3) is 5.69 Å². The molecule has 0 saturated heterocycles. The number of halogens is 1. The third-order valence-corrected chi connectivity index (χ3v) is 5.13. The number of rotatable bonds is 5. The first-order valence-corrected chi connectivity index (χ1v) is 9.77. The van der Waals surface area contributed by atoms with Crippen LogP contribution in [0.15, 0.2) is 54.7 Å². The van der Waals surface area contributed by atoms with Crippen LogP contribution in [-0.4, -0.2) is 28.3 Å². The van der Waals surface area contributed by atoms with Gasteiger partial charge in [0.25, 0.3) is 5.91 Å². The minimum atomic E-state index is -0.136. The number of hydrogen-bond acceptors (Lipinski definition) is 3. The van der Waals surface area contributed by atoms with Crippen molar-refractivity contribution in [3.63, 3.8) is 0 Å². The van der Waals surface area contributed by atoms with Gasteiger partial charge in [0.05, 0.1) is 29.7 Å². The molecule has 0 fully saturated rings. The molecular formula is C22H22ClN3O2. The zero-order valence-corrected chi connectivity index (χ0v) is 16.6. The second-order valence-electron chi connectivity index (χ2n) is 7.25. The Bertz CT molecular complexity index is 970. The lowest BCUT2D eigenvalue weighted by atomic mass is 10.0. The summed E-state index contributed by atoms with van der Waals surface area (Å²) in [5.41, 5.74) is 3.51. The average Bonchev–Trinajstić information content (AvgIpc) is 3.31. The minimum Gasteiger partial charge on any atom is -0.488 e. The molecule has 1 N–H and O–H groups in total. The molecule has 0 spiro atoms. The largest absolute Gasteiger partial charge is 0.488 e. The number of hydrogen-bond donors (Lipinski definition) is 1. The maximum atomic E-state index is 12.9. The Labute approximate surface area is 169 Å². The van der Waals surface area contributed by atoms with Crippen molar-refractivity contribution in [2.24, 2.45) is 0 Å². The van der Waals surface area contributed by atoms with E-state index >= 15 is 0 Å². The second kappa shape index (κ2) is 7.68. The van der Waals surface area contributed by atoms with Gasteiger partial charge in [-0.25, -0.2) is 4.68 Å². The number of amides is 1. The maximum absolute atomic E-state index is 12.9. The number of benzene rings is 2. The van der Waals surface area contributed by atoms with E-state index in [9.17, 15) is 4.79 Å². The number of nitrogens with one attached hydrogen (secondary N) is 1. The Hall–Kier alpha value is -2.79. The van der Waals surface area contributed by atoms with E-state index in [0.717, 1.165) is 23.6 Å². The smallest absolute Gasteiger partial charge is 0.254 e. The molecule has 3 aromatic rings. The fourth-order valence-electron chi connectivity index (χ4n) is 3.55. The highest BCUT2D eigenvalue weighted by atomic mass is 35.5. The highest BCUT2D eigenvalue weighted by molar-refractivity contribution is 6.30. The molecule has 1 aliphatic heterocycles. The van der Waals surface area contributed by atoms with Crippen molar-refractivity contribution in [2.45, 2.75) is 32.3 Å². The maximum Gasteiger partial charge on any atom is 0.254 e. The third-order valence-electron chi connectivity index (χ3n) is 4.87. The van der Waals surface area contributed by atoms with Gasteiger partial charge in [-0.15, -0.1) is 0 Å². The summed E-state index contributed by atoms with van der Waals surface area (Å²) in [6, 6.07) is 15.4. The van der Waals surface area contributed by atoms with Gasteiger partial charge in [0.1, 0.15) is 11.9 Å². The van der Waals surface area contributed by atoms with E-state index in [1.807, 2.05) is 42.5 Å². The summed E-state index contributed by atoms with van der Waals surface area (Å²) in [6.07, 6.45) is 2.39. The van der Waals surface area contributed by atoms with Crippen molar-refractivity contribution in [3.8, 4) is 11.4 Å². The number of fused-ring (bicyclic) bond motifs is 1. The average molecular weight is 396 g/mol. The summed E-state index contributed by atoms with van der Waals surface area (Å²) in [6.45, 7) is 4.56. The third kappa shape index (κ3) is 3.62. The molecule has 6 heteroatoms. The molecule has 1 unspecified atom stereocenters. The topological polar surface area (TPSA) is 56.1 Å². The number of para-hydroxylation sites is 1. The lowest BCUT2D eigenvalue weighted by molar-refractivity contribution is 0.0932. The summed E-state index contributed by atoms with van der Waals surface area (Å²) < 4.78 is 7.71. The van der Waals surface area contributed by atoms with Crippen LogP contribution >= 0.6 is 11.6 Å². The van der Waals surface area contributed by atoms with Crippen molar-refractivity contribution in [1.29, 1.82) is 0 Å². The van der Waals surface area contributed by atoms with Crippen LogP contribution in [0.1, 0.15) is 41.4 Å². The monoisotopic (exact) mass is 395 g/mol. The molecule has 1 amide bonds. The van der Waals surface area contributed by atoms with E-state index in [1.165, 1.54) is 5.56 Å². The van der Waals surface area contributed by atoms with Crippen LogP contribution in [0.2, 0.25) is 5.02 Å². The van der Waals surface area contributed by atoms with Crippen LogP contribution in [0, 0.1) is 0 Å². The first-order valence-electron chi connectivity index (χ1n) is 9.39. The lowest BCUT2D eigenvalue weighted by Gasteiger charge is -2.14. The number of carbonyl (C=O) groups excluding carboxylic acids is 1. The van der Waals surface area contributed by atoms with E-state index in [1.54, 1.807) is 10.9 Å². The van der Waals surface area contributed by atoms with Gasteiger partial charge in [-0.2, -0.15) is 5.10 Å². The van der Waals surface area contributed by atoms with Gasteiger partial charge in [0, 0.05) is 11.4 Å². The van der Waals surface area contributed by atoms with Gasteiger partial charge in [-0.1, -0.05) is 43.6 Å². The van der Waals surface area contributed by atoms with E-state index < -0.39 is 0 Å². The van der Waals surface area contributed by atoms with Crippen molar-refractivity contribution in [1.82, 2.24) is 15.1 Å². The molecule has 0 radical (unpaired) electrons. The molecule has 0 aliphatic carbocycles. The Balaban J connectivity index is 1.49. The molecule has 1 atom stereocenters. The van der Waals surface area contributed by atoms with Gasteiger partial charge < -0.3 is 10.1 Å². The van der Waals surface area contributed by atoms with Crippen molar-refractivity contribution < 1.29 is 9.53 Å². The molecule has 0 bridgehead atoms. The molecule has 28 heavy (non-hydrogen) atoms. The number of carbonyl (C=O) groups is 1. The van der Waals surface area contributed by atoms with E-state index in [4.69, 9.17) is 16.3 Å². The van der Waals surface area contributed by atoms with E-state index in [-0.39, 0.29) is 17.9 Å². The fraction of sp³-hybridized carbons (Fsp3) is 0.273. The molecule has 144 valence electrons. The Morgan fingerprint density at radius 3 is 2.71 bits per heavy atom. The van der Waals surface area contributed by atoms with Crippen LogP contribution in [0.3, 0.4) is 0 Å². The zero-order valence-electron chi connectivity index (χ0n) is 15.9. The minimum absolute atomic E-state index is 0.0461. The van der Waals surface area contributed by atoms with Crippen molar-refractivity contribution in [2.75, 3.05) is 6.54 Å². The molecule has 1 aliphatic rings. The van der Waals surface area contributed by atoms with Crippen molar-refractivity contribution >= 4 is 17.5 Å². The molecule has 5 nitrogen and oxygen atoms in total. The predicted molar refractivity (Wildman–Crippen MR) is 110 cm³/mol. The Morgan fingerprint density at radius 2 is 2.00 bits per heavy atom. The Morgan fingerprint density at radius 1 is 1.25 bits per heavy atom. The number of nitrogens with zero attached hydrogens (tertiary/aromatic N) is 2. The molecule has 1 aromatic heterocycles. The summed E-state index contributed by atoms with van der Waals surface area (Å²) in [5, 5.41) is 8.12. The van der Waals surface area contributed by atoms with Gasteiger partial charge in [0.2, 0.25) is 0 Å². The predicted octanol–water partition coefficient (Wildman–Crippen LogP) is 4.38.